The van der Waals surface area contributed by atoms with E-state index in [1.807, 2.05) is 38.4 Å². The summed E-state index contributed by atoms with van der Waals surface area (Å²) in [5.41, 5.74) is 1.60. The van der Waals surface area contributed by atoms with E-state index in [4.69, 9.17) is 4.74 Å². The molecule has 1 heterocycles. The molecule has 0 fully saturated rings. The maximum absolute atomic E-state index is 12.1. The zero-order valence-electron chi connectivity index (χ0n) is 15.7. The van der Waals surface area contributed by atoms with Crippen molar-refractivity contribution in [3.05, 3.63) is 47.8 Å². The highest BCUT2D eigenvalue weighted by atomic mass is 16.5. The lowest BCUT2D eigenvalue weighted by Gasteiger charge is -2.10. The minimum atomic E-state index is -0.169. The van der Waals surface area contributed by atoms with Gasteiger partial charge in [-0.05, 0) is 51.2 Å². The van der Waals surface area contributed by atoms with Crippen LogP contribution in [0.5, 0.6) is 5.75 Å². The van der Waals surface area contributed by atoms with Gasteiger partial charge in [-0.15, -0.1) is 0 Å². The van der Waals surface area contributed by atoms with Crippen molar-refractivity contribution in [2.24, 2.45) is 0 Å². The first-order valence-electron chi connectivity index (χ1n) is 8.70. The number of hydrogen-bond acceptors (Lipinski definition) is 6. The summed E-state index contributed by atoms with van der Waals surface area (Å²) in [6, 6.07) is 7.81. The number of benzene rings is 1. The highest BCUT2D eigenvalue weighted by Gasteiger charge is 2.07. The smallest absolute Gasteiger partial charge is 0.254 e. The van der Waals surface area contributed by atoms with Gasteiger partial charge in [-0.2, -0.15) is 0 Å². The molecule has 0 bridgehead atoms. The lowest BCUT2D eigenvalue weighted by atomic mass is 10.1. The van der Waals surface area contributed by atoms with Crippen LogP contribution >= 0.6 is 0 Å². The number of carbonyl (C=O) groups excluding carboxylic acids is 1. The van der Waals surface area contributed by atoms with Gasteiger partial charge in [0, 0.05) is 25.5 Å². The van der Waals surface area contributed by atoms with Crippen molar-refractivity contribution >= 4 is 11.9 Å². The van der Waals surface area contributed by atoms with E-state index in [0.29, 0.717) is 18.1 Å². The monoisotopic (exact) mass is 357 g/mol. The molecule has 0 saturated heterocycles. The zero-order chi connectivity index (χ0) is 18.8. The first-order chi connectivity index (χ1) is 12.6. The van der Waals surface area contributed by atoms with Crippen LogP contribution in [0.2, 0.25) is 0 Å². The molecule has 0 unspecified atom stereocenters. The van der Waals surface area contributed by atoms with Crippen LogP contribution in [0.3, 0.4) is 0 Å². The Bertz CT molecular complexity index is 671. The molecule has 1 aromatic carbocycles. The Kier molecular flexibility index (Phi) is 7.82. The third kappa shape index (κ3) is 6.68. The van der Waals surface area contributed by atoms with E-state index < -0.39 is 0 Å². The van der Waals surface area contributed by atoms with Crippen LogP contribution in [0.25, 0.3) is 0 Å². The molecule has 0 aliphatic rings. The molecule has 7 nitrogen and oxygen atoms in total. The van der Waals surface area contributed by atoms with E-state index in [9.17, 15) is 4.79 Å². The van der Waals surface area contributed by atoms with Gasteiger partial charge >= 0.3 is 0 Å². The maximum atomic E-state index is 12.1. The van der Waals surface area contributed by atoms with Gasteiger partial charge in [0.25, 0.3) is 5.91 Å². The second-order valence-electron chi connectivity index (χ2n) is 6.23. The summed E-state index contributed by atoms with van der Waals surface area (Å²) < 4.78 is 5.13. The van der Waals surface area contributed by atoms with E-state index in [1.54, 1.807) is 19.5 Å². The highest BCUT2D eigenvalue weighted by Crippen LogP contribution is 2.11. The molecule has 26 heavy (non-hydrogen) atoms. The number of amides is 1. The summed E-state index contributed by atoms with van der Waals surface area (Å²) in [5.74, 6) is 1.20. The average Bonchev–Trinajstić information content (AvgIpc) is 2.66. The standard InChI is InChI=1S/C19H27N5O2/c1-24(2)12-4-10-21-19-22-13-16(14-23-19)18(25)20-11-9-15-5-7-17(26-3)8-6-15/h5-8,13-14H,4,9-12H2,1-3H3,(H,20,25)(H,21,22,23). The van der Waals surface area contributed by atoms with Crippen molar-refractivity contribution in [3.63, 3.8) is 0 Å². The number of anilines is 1. The molecule has 2 aromatic rings. The first kappa shape index (κ1) is 19.7. The van der Waals surface area contributed by atoms with Gasteiger partial charge in [0.2, 0.25) is 5.95 Å². The Morgan fingerprint density at radius 2 is 1.81 bits per heavy atom. The number of hydrogen-bond donors (Lipinski definition) is 2. The fourth-order valence-electron chi connectivity index (χ4n) is 2.35. The Morgan fingerprint density at radius 3 is 2.42 bits per heavy atom. The van der Waals surface area contributed by atoms with Crippen molar-refractivity contribution in [1.82, 2.24) is 20.2 Å². The fraction of sp³-hybridized carbons (Fsp3) is 0.421. The van der Waals surface area contributed by atoms with Crippen LogP contribution in [-0.2, 0) is 6.42 Å². The second-order valence-corrected chi connectivity index (χ2v) is 6.23. The van der Waals surface area contributed by atoms with Gasteiger partial charge < -0.3 is 20.3 Å². The van der Waals surface area contributed by atoms with Gasteiger partial charge in [0.15, 0.2) is 0 Å². The van der Waals surface area contributed by atoms with Gasteiger partial charge in [0.05, 0.1) is 12.7 Å². The lowest BCUT2D eigenvalue weighted by molar-refractivity contribution is 0.0953. The second kappa shape index (κ2) is 10.4. The molecule has 2 rings (SSSR count). The maximum Gasteiger partial charge on any atom is 0.254 e. The molecule has 2 N–H and O–H groups in total. The molecule has 140 valence electrons. The van der Waals surface area contributed by atoms with Crippen molar-refractivity contribution < 1.29 is 9.53 Å². The predicted molar refractivity (Wildman–Crippen MR) is 103 cm³/mol. The number of methoxy groups -OCH3 is 1. The van der Waals surface area contributed by atoms with Gasteiger partial charge in [-0.1, -0.05) is 12.1 Å². The Morgan fingerprint density at radius 1 is 1.12 bits per heavy atom. The van der Waals surface area contributed by atoms with E-state index >= 15 is 0 Å². The minimum absolute atomic E-state index is 0.169. The molecule has 0 radical (unpaired) electrons. The van der Waals surface area contributed by atoms with Crippen molar-refractivity contribution in [1.29, 1.82) is 0 Å². The summed E-state index contributed by atoms with van der Waals surface area (Å²) in [6.45, 7) is 2.35. The lowest BCUT2D eigenvalue weighted by Crippen LogP contribution is -2.26. The molecular formula is C19H27N5O2. The molecule has 0 aliphatic carbocycles. The Balaban J connectivity index is 1.73. The number of nitrogens with one attached hydrogen (secondary N) is 2. The SMILES string of the molecule is COc1ccc(CCNC(=O)c2cnc(NCCCN(C)C)nc2)cc1. The van der Waals surface area contributed by atoms with Crippen LogP contribution in [0.4, 0.5) is 5.95 Å². The van der Waals surface area contributed by atoms with E-state index in [1.165, 1.54) is 0 Å². The average molecular weight is 357 g/mol. The molecule has 0 aliphatic heterocycles. The number of nitrogens with zero attached hydrogens (tertiary/aromatic N) is 3. The Labute approximate surface area is 154 Å². The van der Waals surface area contributed by atoms with Gasteiger partial charge in [0.1, 0.15) is 5.75 Å². The number of ether oxygens (including phenoxy) is 1. The molecule has 0 spiro atoms. The van der Waals surface area contributed by atoms with Crippen LogP contribution in [-0.4, -0.2) is 61.6 Å². The van der Waals surface area contributed by atoms with Crippen molar-refractivity contribution in [2.45, 2.75) is 12.8 Å². The van der Waals surface area contributed by atoms with Gasteiger partial charge in [-0.25, -0.2) is 9.97 Å². The molecule has 1 amide bonds. The van der Waals surface area contributed by atoms with Crippen LogP contribution in [0.15, 0.2) is 36.7 Å². The van der Waals surface area contributed by atoms with Gasteiger partial charge in [-0.3, -0.25) is 4.79 Å². The van der Waals surface area contributed by atoms with Crippen LogP contribution < -0.4 is 15.4 Å². The third-order valence-corrected chi connectivity index (χ3v) is 3.84. The van der Waals surface area contributed by atoms with Crippen LogP contribution in [0, 0.1) is 0 Å². The topological polar surface area (TPSA) is 79.4 Å². The highest BCUT2D eigenvalue weighted by molar-refractivity contribution is 5.93. The summed E-state index contributed by atoms with van der Waals surface area (Å²) >= 11 is 0. The molecule has 1 aromatic heterocycles. The third-order valence-electron chi connectivity index (χ3n) is 3.84. The molecule has 0 saturated carbocycles. The largest absolute Gasteiger partial charge is 0.497 e. The molecular weight excluding hydrogens is 330 g/mol. The van der Waals surface area contributed by atoms with Crippen molar-refractivity contribution in [3.8, 4) is 5.75 Å². The van der Waals surface area contributed by atoms with E-state index in [2.05, 4.69) is 25.5 Å². The summed E-state index contributed by atoms with van der Waals surface area (Å²) in [6.07, 6.45) is 4.85. The summed E-state index contributed by atoms with van der Waals surface area (Å²) in [5, 5.41) is 6.03. The number of aromatic nitrogens is 2. The first-order valence-corrected chi connectivity index (χ1v) is 8.70. The van der Waals surface area contributed by atoms with E-state index in [-0.39, 0.29) is 5.91 Å². The predicted octanol–water partition coefficient (Wildman–Crippen LogP) is 1.82. The normalized spacial score (nSPS) is 10.6. The van der Waals surface area contributed by atoms with Crippen molar-refractivity contribution in [2.75, 3.05) is 46.2 Å². The Hall–Kier alpha value is -2.67. The number of carbonyl (C=O) groups is 1. The zero-order valence-corrected chi connectivity index (χ0v) is 15.7. The van der Waals surface area contributed by atoms with Crippen LogP contribution in [0.1, 0.15) is 22.3 Å². The quantitative estimate of drug-likeness (QED) is 0.632. The fourth-order valence-corrected chi connectivity index (χ4v) is 2.35. The summed E-state index contributed by atoms with van der Waals surface area (Å²) in [4.78, 5) is 22.7. The number of rotatable bonds is 10. The molecule has 7 heteroatoms. The molecule has 0 atom stereocenters. The van der Waals surface area contributed by atoms with E-state index in [0.717, 1.165) is 37.2 Å². The minimum Gasteiger partial charge on any atom is -0.497 e. The summed E-state index contributed by atoms with van der Waals surface area (Å²) in [7, 11) is 5.72.